The first-order valence-electron chi connectivity index (χ1n) is 7.86. The van der Waals surface area contributed by atoms with Crippen molar-refractivity contribution < 1.29 is 9.59 Å². The number of rotatable bonds is 5. The van der Waals surface area contributed by atoms with Crippen molar-refractivity contribution in [2.45, 2.75) is 0 Å². The van der Waals surface area contributed by atoms with Crippen molar-refractivity contribution >= 4 is 23.2 Å². The summed E-state index contributed by atoms with van der Waals surface area (Å²) in [7, 11) is 3.84. The molecular weight excluding hydrogens is 294 g/mol. The quantitative estimate of drug-likeness (QED) is 0.651. The van der Waals surface area contributed by atoms with Gasteiger partial charge in [0.25, 0.3) is 0 Å². The summed E-state index contributed by atoms with van der Waals surface area (Å²) in [5, 5.41) is 8.56. The molecule has 2 amide bonds. The number of carbonyl (C=O) groups is 2. The highest BCUT2D eigenvalue weighted by atomic mass is 16.2. The minimum absolute atomic E-state index is 0.476. The third-order valence-electron chi connectivity index (χ3n) is 3.75. The highest BCUT2D eigenvalue weighted by molar-refractivity contribution is 6.39. The molecule has 23 heavy (non-hydrogen) atoms. The standard InChI is InChI=1S/C16H25N5O2/c1-20(2)14-5-3-4-13(12-14)19-16(23)15(22)18-8-11-21-9-6-17-7-10-21/h3-5,12,17H,6-11H2,1-2H3,(H,18,22)(H,19,23). The lowest BCUT2D eigenvalue weighted by Crippen LogP contribution is -2.47. The number of carbonyl (C=O) groups excluding carboxylic acids is 2. The topological polar surface area (TPSA) is 76.7 Å². The number of hydrogen-bond donors (Lipinski definition) is 3. The van der Waals surface area contributed by atoms with E-state index in [1.54, 1.807) is 6.07 Å². The Morgan fingerprint density at radius 1 is 1.22 bits per heavy atom. The number of amides is 2. The lowest BCUT2D eigenvalue weighted by molar-refractivity contribution is -0.136. The van der Waals surface area contributed by atoms with Crippen molar-refractivity contribution in [1.82, 2.24) is 15.5 Å². The number of nitrogens with zero attached hydrogens (tertiary/aromatic N) is 2. The Hall–Kier alpha value is -2.12. The predicted octanol–water partition coefficient (Wildman–Crippen LogP) is -0.287. The summed E-state index contributed by atoms with van der Waals surface area (Å²) in [6.45, 7) is 5.12. The Kier molecular flexibility index (Phi) is 6.37. The molecule has 1 aromatic carbocycles. The van der Waals surface area contributed by atoms with Crippen LogP contribution in [0.25, 0.3) is 0 Å². The van der Waals surface area contributed by atoms with Crippen LogP contribution in [-0.2, 0) is 9.59 Å². The van der Waals surface area contributed by atoms with Crippen LogP contribution in [0.3, 0.4) is 0 Å². The molecule has 2 rings (SSSR count). The highest BCUT2D eigenvalue weighted by Gasteiger charge is 2.15. The van der Waals surface area contributed by atoms with E-state index in [-0.39, 0.29) is 0 Å². The summed E-state index contributed by atoms with van der Waals surface area (Å²) in [5.41, 5.74) is 1.57. The third kappa shape index (κ3) is 5.54. The van der Waals surface area contributed by atoms with E-state index in [0.717, 1.165) is 38.4 Å². The molecule has 3 N–H and O–H groups in total. The third-order valence-corrected chi connectivity index (χ3v) is 3.75. The van der Waals surface area contributed by atoms with Crippen LogP contribution in [0.1, 0.15) is 0 Å². The first-order chi connectivity index (χ1) is 11.1. The van der Waals surface area contributed by atoms with Gasteiger partial charge in [0.2, 0.25) is 0 Å². The molecule has 1 aliphatic rings. The summed E-state index contributed by atoms with van der Waals surface area (Å²) < 4.78 is 0. The fraction of sp³-hybridized carbons (Fsp3) is 0.500. The fourth-order valence-corrected chi connectivity index (χ4v) is 2.39. The number of hydrogen-bond acceptors (Lipinski definition) is 5. The number of anilines is 2. The van der Waals surface area contributed by atoms with Crippen LogP contribution in [0, 0.1) is 0 Å². The van der Waals surface area contributed by atoms with Crippen molar-refractivity contribution in [3.05, 3.63) is 24.3 Å². The molecular formula is C16H25N5O2. The minimum Gasteiger partial charge on any atom is -0.378 e. The summed E-state index contributed by atoms with van der Waals surface area (Å²) >= 11 is 0. The monoisotopic (exact) mass is 319 g/mol. The Morgan fingerprint density at radius 2 is 1.96 bits per heavy atom. The van der Waals surface area contributed by atoms with Crippen LogP contribution in [0.5, 0.6) is 0 Å². The zero-order valence-electron chi connectivity index (χ0n) is 13.8. The number of nitrogens with one attached hydrogen (secondary N) is 3. The van der Waals surface area contributed by atoms with Gasteiger partial charge < -0.3 is 20.9 Å². The van der Waals surface area contributed by atoms with Gasteiger partial charge in [-0.3, -0.25) is 14.5 Å². The van der Waals surface area contributed by atoms with E-state index < -0.39 is 11.8 Å². The van der Waals surface area contributed by atoms with Crippen molar-refractivity contribution in [3.63, 3.8) is 0 Å². The second kappa shape index (κ2) is 8.50. The van der Waals surface area contributed by atoms with Gasteiger partial charge in [-0.05, 0) is 18.2 Å². The first-order valence-corrected chi connectivity index (χ1v) is 7.86. The molecule has 1 aromatic rings. The van der Waals surface area contributed by atoms with Crippen LogP contribution in [0.2, 0.25) is 0 Å². The predicted molar refractivity (Wildman–Crippen MR) is 91.7 cm³/mol. The lowest BCUT2D eigenvalue weighted by atomic mass is 10.2. The molecule has 0 unspecified atom stereocenters. The maximum absolute atomic E-state index is 11.9. The largest absolute Gasteiger partial charge is 0.378 e. The van der Waals surface area contributed by atoms with Crippen molar-refractivity contribution in [2.24, 2.45) is 0 Å². The molecule has 0 atom stereocenters. The molecule has 0 bridgehead atoms. The Bertz CT molecular complexity index is 541. The average Bonchev–Trinajstić information content (AvgIpc) is 2.56. The van der Waals surface area contributed by atoms with Gasteiger partial charge >= 0.3 is 11.8 Å². The average molecular weight is 319 g/mol. The van der Waals surface area contributed by atoms with Crippen molar-refractivity contribution in [1.29, 1.82) is 0 Å². The summed E-state index contributed by atoms with van der Waals surface area (Å²) in [5.74, 6) is -1.24. The molecule has 0 radical (unpaired) electrons. The summed E-state index contributed by atoms with van der Waals surface area (Å²) in [4.78, 5) is 28.0. The summed E-state index contributed by atoms with van der Waals surface area (Å²) in [6.07, 6.45) is 0. The fourth-order valence-electron chi connectivity index (χ4n) is 2.39. The van der Waals surface area contributed by atoms with Gasteiger partial charge in [0.1, 0.15) is 0 Å². The van der Waals surface area contributed by atoms with Crippen LogP contribution >= 0.6 is 0 Å². The van der Waals surface area contributed by atoms with Gasteiger partial charge in [-0.15, -0.1) is 0 Å². The molecule has 0 spiro atoms. The zero-order valence-corrected chi connectivity index (χ0v) is 13.8. The van der Waals surface area contributed by atoms with Gasteiger partial charge in [-0.1, -0.05) is 6.07 Å². The molecule has 0 aliphatic carbocycles. The number of piperazine rings is 1. The Labute approximate surface area is 137 Å². The van der Waals surface area contributed by atoms with Gasteiger partial charge in [-0.25, -0.2) is 0 Å². The van der Waals surface area contributed by atoms with Gasteiger partial charge in [0.05, 0.1) is 0 Å². The van der Waals surface area contributed by atoms with Gasteiger partial charge in [0, 0.05) is 64.7 Å². The van der Waals surface area contributed by atoms with Crippen molar-refractivity contribution in [3.8, 4) is 0 Å². The van der Waals surface area contributed by atoms with E-state index >= 15 is 0 Å². The molecule has 7 nitrogen and oxygen atoms in total. The van der Waals surface area contributed by atoms with Crippen LogP contribution < -0.4 is 20.9 Å². The van der Waals surface area contributed by atoms with E-state index in [0.29, 0.717) is 12.2 Å². The molecule has 1 aliphatic heterocycles. The molecule has 1 saturated heterocycles. The van der Waals surface area contributed by atoms with Crippen LogP contribution in [0.15, 0.2) is 24.3 Å². The maximum atomic E-state index is 11.9. The zero-order chi connectivity index (χ0) is 16.7. The van der Waals surface area contributed by atoms with E-state index in [4.69, 9.17) is 0 Å². The molecule has 1 heterocycles. The molecule has 7 heteroatoms. The van der Waals surface area contributed by atoms with Crippen LogP contribution in [-0.4, -0.2) is 70.1 Å². The normalized spacial score (nSPS) is 15.0. The van der Waals surface area contributed by atoms with Gasteiger partial charge in [0.15, 0.2) is 0 Å². The smallest absolute Gasteiger partial charge is 0.313 e. The first kappa shape index (κ1) is 17.2. The summed E-state index contributed by atoms with van der Waals surface area (Å²) in [6, 6.07) is 7.36. The molecule has 0 aromatic heterocycles. The van der Waals surface area contributed by atoms with E-state index in [1.165, 1.54) is 0 Å². The molecule has 126 valence electrons. The second-order valence-electron chi connectivity index (χ2n) is 5.75. The van der Waals surface area contributed by atoms with E-state index in [1.807, 2.05) is 37.2 Å². The SMILES string of the molecule is CN(C)c1cccc(NC(=O)C(=O)NCCN2CCNCC2)c1. The van der Waals surface area contributed by atoms with Crippen molar-refractivity contribution in [2.75, 3.05) is 63.6 Å². The maximum Gasteiger partial charge on any atom is 0.313 e. The Morgan fingerprint density at radius 3 is 2.65 bits per heavy atom. The van der Waals surface area contributed by atoms with E-state index in [9.17, 15) is 9.59 Å². The molecule has 0 saturated carbocycles. The number of benzene rings is 1. The second-order valence-corrected chi connectivity index (χ2v) is 5.75. The van der Waals surface area contributed by atoms with E-state index in [2.05, 4.69) is 20.9 Å². The van der Waals surface area contributed by atoms with Gasteiger partial charge in [-0.2, -0.15) is 0 Å². The van der Waals surface area contributed by atoms with Crippen LogP contribution in [0.4, 0.5) is 11.4 Å². The Balaban J connectivity index is 1.76. The minimum atomic E-state index is -0.638. The molecule has 1 fully saturated rings. The highest BCUT2D eigenvalue weighted by Crippen LogP contribution is 2.16. The lowest BCUT2D eigenvalue weighted by Gasteiger charge is -2.26.